The highest BCUT2D eigenvalue weighted by atomic mass is 32.1. The van der Waals surface area contributed by atoms with Gasteiger partial charge in [-0.3, -0.25) is 4.79 Å². The summed E-state index contributed by atoms with van der Waals surface area (Å²) in [6.45, 7) is 1.96. The van der Waals surface area contributed by atoms with E-state index in [0.717, 1.165) is 29.2 Å². The molecule has 0 bridgehead atoms. The third kappa shape index (κ3) is 3.39. The molecule has 7 heteroatoms. The summed E-state index contributed by atoms with van der Waals surface area (Å²) in [4.78, 5) is 17.0. The van der Waals surface area contributed by atoms with E-state index in [4.69, 9.17) is 0 Å². The molecule has 1 atom stereocenters. The van der Waals surface area contributed by atoms with Gasteiger partial charge in [-0.25, -0.2) is 4.98 Å². The van der Waals surface area contributed by atoms with Crippen molar-refractivity contribution in [2.75, 3.05) is 0 Å². The molecule has 0 unspecified atom stereocenters. The van der Waals surface area contributed by atoms with Gasteiger partial charge in [0.1, 0.15) is 11.3 Å². The summed E-state index contributed by atoms with van der Waals surface area (Å²) in [6.07, 6.45) is 8.35. The molecule has 4 rings (SSSR count). The fourth-order valence-corrected chi connectivity index (χ4v) is 4.16. The standard InChI is InChI=1S/C19H21N5OS/c1-13(17-23-21-12-24(17)16-7-2-3-8-16)22-18(25)14-5-4-6-15(11-14)19-20-9-10-26-19/h4-6,9-13,16H,2-3,7-8H2,1H3,(H,22,25)/t13-/m0/s1. The first-order valence-electron chi connectivity index (χ1n) is 8.92. The highest BCUT2D eigenvalue weighted by molar-refractivity contribution is 7.13. The Morgan fingerprint density at radius 2 is 2.19 bits per heavy atom. The Morgan fingerprint density at radius 1 is 1.35 bits per heavy atom. The SMILES string of the molecule is C[C@H](NC(=O)c1cccc(-c2nccs2)c1)c1nncn1C1CCCC1. The summed E-state index contributed by atoms with van der Waals surface area (Å²) in [7, 11) is 0. The van der Waals surface area contributed by atoms with E-state index in [9.17, 15) is 4.79 Å². The normalized spacial score (nSPS) is 15.9. The molecular weight excluding hydrogens is 346 g/mol. The first-order valence-corrected chi connectivity index (χ1v) is 9.80. The van der Waals surface area contributed by atoms with Crippen molar-refractivity contribution in [1.29, 1.82) is 0 Å². The number of aromatic nitrogens is 4. The number of nitrogens with zero attached hydrogens (tertiary/aromatic N) is 4. The second kappa shape index (κ2) is 7.37. The minimum Gasteiger partial charge on any atom is -0.342 e. The Labute approximate surface area is 156 Å². The van der Waals surface area contributed by atoms with Crippen LogP contribution in [0.4, 0.5) is 0 Å². The molecule has 1 amide bonds. The molecule has 1 aliphatic carbocycles. The maximum Gasteiger partial charge on any atom is 0.251 e. The first-order chi connectivity index (χ1) is 12.7. The lowest BCUT2D eigenvalue weighted by Gasteiger charge is -2.18. The summed E-state index contributed by atoms with van der Waals surface area (Å²) in [6, 6.07) is 7.80. The third-order valence-electron chi connectivity index (χ3n) is 4.86. The number of carbonyl (C=O) groups is 1. The van der Waals surface area contributed by atoms with Crippen LogP contribution in [-0.4, -0.2) is 25.7 Å². The molecule has 1 fully saturated rings. The number of rotatable bonds is 5. The predicted octanol–water partition coefficient (Wildman–Crippen LogP) is 4.01. The molecule has 0 aliphatic heterocycles. The highest BCUT2D eigenvalue weighted by Crippen LogP contribution is 2.31. The van der Waals surface area contributed by atoms with Crippen molar-refractivity contribution in [3.63, 3.8) is 0 Å². The second-order valence-electron chi connectivity index (χ2n) is 6.65. The van der Waals surface area contributed by atoms with Crippen molar-refractivity contribution < 1.29 is 4.79 Å². The van der Waals surface area contributed by atoms with Crippen LogP contribution in [0.5, 0.6) is 0 Å². The zero-order valence-corrected chi connectivity index (χ0v) is 15.4. The van der Waals surface area contributed by atoms with E-state index < -0.39 is 0 Å². The van der Waals surface area contributed by atoms with Crippen LogP contribution in [0.2, 0.25) is 0 Å². The molecule has 1 aromatic carbocycles. The average molecular weight is 367 g/mol. The van der Waals surface area contributed by atoms with Crippen molar-refractivity contribution in [2.45, 2.75) is 44.7 Å². The van der Waals surface area contributed by atoms with Gasteiger partial charge < -0.3 is 9.88 Å². The van der Waals surface area contributed by atoms with Crippen molar-refractivity contribution >= 4 is 17.2 Å². The van der Waals surface area contributed by atoms with E-state index in [1.54, 1.807) is 23.9 Å². The van der Waals surface area contributed by atoms with E-state index in [1.165, 1.54) is 12.8 Å². The first kappa shape index (κ1) is 16.9. The Hall–Kier alpha value is -2.54. The van der Waals surface area contributed by atoms with Crippen LogP contribution in [0.3, 0.4) is 0 Å². The van der Waals surface area contributed by atoms with E-state index in [0.29, 0.717) is 11.6 Å². The van der Waals surface area contributed by atoms with Crippen LogP contribution in [0.25, 0.3) is 10.6 Å². The topological polar surface area (TPSA) is 72.7 Å². The maximum atomic E-state index is 12.7. The van der Waals surface area contributed by atoms with Crippen LogP contribution in [0, 0.1) is 0 Å². The van der Waals surface area contributed by atoms with Gasteiger partial charge in [0.25, 0.3) is 5.91 Å². The zero-order valence-electron chi connectivity index (χ0n) is 14.6. The van der Waals surface area contributed by atoms with E-state index >= 15 is 0 Å². The Bertz CT molecular complexity index is 883. The Kier molecular flexibility index (Phi) is 4.79. The van der Waals surface area contributed by atoms with Crippen LogP contribution < -0.4 is 5.32 Å². The van der Waals surface area contributed by atoms with Gasteiger partial charge in [0, 0.05) is 28.7 Å². The van der Waals surface area contributed by atoms with Gasteiger partial charge >= 0.3 is 0 Å². The molecule has 1 saturated carbocycles. The van der Waals surface area contributed by atoms with Crippen LogP contribution in [-0.2, 0) is 0 Å². The van der Waals surface area contributed by atoms with Gasteiger partial charge in [0.05, 0.1) is 6.04 Å². The smallest absolute Gasteiger partial charge is 0.251 e. The summed E-state index contributed by atoms with van der Waals surface area (Å²) in [5.74, 6) is 0.707. The fraction of sp³-hybridized carbons (Fsp3) is 0.368. The predicted molar refractivity (Wildman–Crippen MR) is 101 cm³/mol. The molecule has 26 heavy (non-hydrogen) atoms. The number of nitrogens with one attached hydrogen (secondary N) is 1. The van der Waals surface area contributed by atoms with E-state index in [2.05, 4.69) is 25.1 Å². The van der Waals surface area contributed by atoms with Crippen molar-refractivity contribution in [3.05, 3.63) is 53.6 Å². The summed E-state index contributed by atoms with van der Waals surface area (Å²) in [5, 5.41) is 14.2. The van der Waals surface area contributed by atoms with Gasteiger partial charge in [-0.15, -0.1) is 21.5 Å². The zero-order chi connectivity index (χ0) is 17.9. The fourth-order valence-electron chi connectivity index (χ4n) is 3.53. The number of carbonyl (C=O) groups excluding carboxylic acids is 1. The molecule has 0 spiro atoms. The largest absolute Gasteiger partial charge is 0.342 e. The molecule has 1 N–H and O–H groups in total. The maximum absolute atomic E-state index is 12.7. The molecular formula is C19H21N5OS. The molecule has 0 radical (unpaired) electrons. The lowest BCUT2D eigenvalue weighted by molar-refractivity contribution is 0.0937. The average Bonchev–Trinajstić information content (AvgIpc) is 3.43. The molecule has 3 aromatic rings. The van der Waals surface area contributed by atoms with E-state index in [1.807, 2.05) is 36.6 Å². The van der Waals surface area contributed by atoms with Gasteiger partial charge in [-0.1, -0.05) is 25.0 Å². The number of hydrogen-bond acceptors (Lipinski definition) is 5. The summed E-state index contributed by atoms with van der Waals surface area (Å²) >= 11 is 1.56. The van der Waals surface area contributed by atoms with Crippen LogP contribution in [0.15, 0.2) is 42.2 Å². The number of thiazole rings is 1. The third-order valence-corrected chi connectivity index (χ3v) is 5.68. The summed E-state index contributed by atoms with van der Waals surface area (Å²) in [5.41, 5.74) is 1.57. The van der Waals surface area contributed by atoms with Gasteiger partial charge in [0.2, 0.25) is 0 Å². The van der Waals surface area contributed by atoms with Crippen molar-refractivity contribution in [2.24, 2.45) is 0 Å². The van der Waals surface area contributed by atoms with Crippen molar-refractivity contribution in [3.8, 4) is 10.6 Å². The van der Waals surface area contributed by atoms with Gasteiger partial charge in [-0.2, -0.15) is 0 Å². The Morgan fingerprint density at radius 3 is 2.96 bits per heavy atom. The molecule has 2 heterocycles. The quantitative estimate of drug-likeness (QED) is 0.739. The highest BCUT2D eigenvalue weighted by Gasteiger charge is 2.23. The molecule has 6 nitrogen and oxygen atoms in total. The molecule has 134 valence electrons. The van der Waals surface area contributed by atoms with E-state index in [-0.39, 0.29) is 11.9 Å². The lowest BCUT2D eigenvalue weighted by Crippen LogP contribution is -2.29. The van der Waals surface area contributed by atoms with Crippen molar-refractivity contribution in [1.82, 2.24) is 25.1 Å². The summed E-state index contributed by atoms with van der Waals surface area (Å²) < 4.78 is 2.13. The number of benzene rings is 1. The van der Waals surface area contributed by atoms with Gasteiger partial charge in [-0.05, 0) is 31.9 Å². The monoisotopic (exact) mass is 367 g/mol. The van der Waals surface area contributed by atoms with Crippen LogP contribution in [0.1, 0.15) is 60.9 Å². The minimum atomic E-state index is -0.200. The minimum absolute atomic E-state index is 0.114. The lowest BCUT2D eigenvalue weighted by atomic mass is 10.1. The number of hydrogen-bond donors (Lipinski definition) is 1. The Balaban J connectivity index is 1.50. The second-order valence-corrected chi connectivity index (χ2v) is 7.54. The molecule has 2 aromatic heterocycles. The van der Waals surface area contributed by atoms with Gasteiger partial charge in [0.15, 0.2) is 5.82 Å². The molecule has 1 aliphatic rings. The van der Waals surface area contributed by atoms with Crippen LogP contribution >= 0.6 is 11.3 Å². The number of amides is 1. The molecule has 0 saturated heterocycles.